The minimum atomic E-state index is -0.259. The Balaban J connectivity index is 2.84. The van der Waals surface area contributed by atoms with E-state index in [2.05, 4.69) is 11.6 Å². The molecule has 1 heterocycles. The average Bonchev–Trinajstić information content (AvgIpc) is 2.76. The zero-order valence-electron chi connectivity index (χ0n) is 10.1. The van der Waals surface area contributed by atoms with Crippen LogP contribution in [0.4, 0.5) is 4.39 Å². The van der Waals surface area contributed by atoms with Gasteiger partial charge >= 0.3 is 0 Å². The molecule has 0 aliphatic carbocycles. The predicted octanol–water partition coefficient (Wildman–Crippen LogP) is 2.37. The Hall–Kier alpha value is -1.68. The zero-order valence-corrected chi connectivity index (χ0v) is 10.1. The summed E-state index contributed by atoms with van der Waals surface area (Å²) >= 11 is 0. The van der Waals surface area contributed by atoms with E-state index in [1.165, 1.54) is 12.2 Å². The molecule has 0 aromatic carbocycles. The third-order valence-electron chi connectivity index (χ3n) is 2.42. The minimum absolute atomic E-state index is 0.259. The molecular weight excluding hydrogens is 217 g/mol. The van der Waals surface area contributed by atoms with Crippen LogP contribution in [-0.2, 0) is 13.0 Å². The summed E-state index contributed by atoms with van der Waals surface area (Å²) in [6.45, 7) is 6.62. The summed E-state index contributed by atoms with van der Waals surface area (Å²) in [6, 6.07) is 0. The molecule has 0 unspecified atom stereocenters. The van der Waals surface area contributed by atoms with E-state index < -0.39 is 0 Å². The number of aromatic nitrogens is 2. The first kappa shape index (κ1) is 13.4. The van der Waals surface area contributed by atoms with Crippen LogP contribution in [0.1, 0.15) is 12.6 Å². The lowest BCUT2D eigenvalue weighted by atomic mass is 10.1. The van der Waals surface area contributed by atoms with Gasteiger partial charge in [0, 0.05) is 31.4 Å². The van der Waals surface area contributed by atoms with Crippen molar-refractivity contribution < 1.29 is 4.39 Å². The molecule has 0 radical (unpaired) electrons. The molecule has 0 aliphatic heterocycles. The van der Waals surface area contributed by atoms with Gasteiger partial charge in [0.05, 0.1) is 6.33 Å². The number of hydrogen-bond donors (Lipinski definition) is 1. The number of imidazole rings is 1. The predicted molar refractivity (Wildman–Crippen MR) is 68.1 cm³/mol. The Morgan fingerprint density at radius 3 is 3.00 bits per heavy atom. The number of nitrogens with zero attached hydrogens (tertiary/aromatic N) is 2. The molecule has 0 bridgehead atoms. The lowest BCUT2D eigenvalue weighted by Gasteiger charge is -2.06. The number of hydrogen-bond acceptors (Lipinski definition) is 2. The van der Waals surface area contributed by atoms with Crippen molar-refractivity contribution in [1.82, 2.24) is 9.55 Å². The normalized spacial score (nSPS) is 12.9. The smallest absolute Gasteiger partial charge is 0.119 e. The Bertz CT molecular complexity index is 430. The molecule has 0 saturated heterocycles. The number of nitrogens with two attached hydrogens (primary N) is 1. The third-order valence-corrected chi connectivity index (χ3v) is 2.42. The maximum atomic E-state index is 13.1. The summed E-state index contributed by atoms with van der Waals surface area (Å²) in [7, 11) is 0. The van der Waals surface area contributed by atoms with Gasteiger partial charge in [-0.1, -0.05) is 18.7 Å². The highest BCUT2D eigenvalue weighted by Crippen LogP contribution is 2.12. The minimum Gasteiger partial charge on any atom is -0.333 e. The van der Waals surface area contributed by atoms with Crippen molar-refractivity contribution >= 4 is 0 Å². The first-order valence-electron chi connectivity index (χ1n) is 5.55. The van der Waals surface area contributed by atoms with Crippen molar-refractivity contribution in [3.8, 4) is 0 Å². The van der Waals surface area contributed by atoms with E-state index in [1.54, 1.807) is 25.5 Å². The van der Waals surface area contributed by atoms with Crippen LogP contribution < -0.4 is 5.73 Å². The van der Waals surface area contributed by atoms with Crippen molar-refractivity contribution in [3.63, 3.8) is 0 Å². The molecule has 1 aromatic heterocycles. The van der Waals surface area contributed by atoms with Crippen LogP contribution in [0.15, 0.2) is 48.7 Å². The van der Waals surface area contributed by atoms with Gasteiger partial charge in [-0.3, -0.25) is 0 Å². The fourth-order valence-electron chi connectivity index (χ4n) is 1.49. The maximum Gasteiger partial charge on any atom is 0.119 e. The molecule has 4 heteroatoms. The largest absolute Gasteiger partial charge is 0.333 e. The van der Waals surface area contributed by atoms with Gasteiger partial charge in [-0.05, 0) is 18.6 Å². The van der Waals surface area contributed by atoms with Crippen LogP contribution in [-0.4, -0.2) is 16.1 Å². The number of rotatable bonds is 6. The fourth-order valence-corrected chi connectivity index (χ4v) is 1.49. The van der Waals surface area contributed by atoms with Crippen LogP contribution in [0.3, 0.4) is 0 Å². The van der Waals surface area contributed by atoms with Gasteiger partial charge in [-0.15, -0.1) is 0 Å². The van der Waals surface area contributed by atoms with Gasteiger partial charge < -0.3 is 10.3 Å². The molecule has 0 aliphatic rings. The maximum absolute atomic E-state index is 13.1. The van der Waals surface area contributed by atoms with E-state index in [0.29, 0.717) is 19.5 Å². The SMILES string of the molecule is C=C/C(=C\C(F)=C/C)Cc1cncn1CCN. The zero-order chi connectivity index (χ0) is 12.7. The van der Waals surface area contributed by atoms with E-state index in [0.717, 1.165) is 11.3 Å². The second-order valence-electron chi connectivity index (χ2n) is 3.64. The van der Waals surface area contributed by atoms with E-state index >= 15 is 0 Å². The van der Waals surface area contributed by atoms with E-state index in [1.807, 2.05) is 4.57 Å². The summed E-state index contributed by atoms with van der Waals surface area (Å²) in [5.41, 5.74) is 7.33. The highest BCUT2D eigenvalue weighted by Gasteiger charge is 2.03. The van der Waals surface area contributed by atoms with Gasteiger partial charge in [0.15, 0.2) is 0 Å². The first-order valence-corrected chi connectivity index (χ1v) is 5.55. The standard InChI is InChI=1S/C13H18FN3/c1-3-11(7-12(14)4-2)8-13-9-16-10-17(13)6-5-15/h3-4,7,9-10H,1,5-6,8,15H2,2H3/b11-7+,12-4+. The summed E-state index contributed by atoms with van der Waals surface area (Å²) in [4.78, 5) is 4.06. The topological polar surface area (TPSA) is 43.8 Å². The lowest BCUT2D eigenvalue weighted by Crippen LogP contribution is -2.11. The molecule has 0 spiro atoms. The van der Waals surface area contributed by atoms with Crippen LogP contribution in [0, 0.1) is 0 Å². The molecule has 0 fully saturated rings. The van der Waals surface area contributed by atoms with Crippen molar-refractivity contribution in [2.45, 2.75) is 19.9 Å². The Kier molecular flexibility index (Phi) is 5.36. The molecule has 0 saturated carbocycles. The highest BCUT2D eigenvalue weighted by atomic mass is 19.1. The molecule has 1 rings (SSSR count). The van der Waals surface area contributed by atoms with Gasteiger partial charge in [0.2, 0.25) is 0 Å². The molecular formula is C13H18FN3. The van der Waals surface area contributed by atoms with Gasteiger partial charge in [0.1, 0.15) is 5.83 Å². The number of allylic oxidation sites excluding steroid dienone is 5. The van der Waals surface area contributed by atoms with Crippen molar-refractivity contribution in [2.75, 3.05) is 6.54 Å². The van der Waals surface area contributed by atoms with Crippen molar-refractivity contribution in [1.29, 1.82) is 0 Å². The first-order chi connectivity index (χ1) is 8.21. The van der Waals surface area contributed by atoms with Crippen LogP contribution in [0.5, 0.6) is 0 Å². The highest BCUT2D eigenvalue weighted by molar-refractivity contribution is 5.29. The van der Waals surface area contributed by atoms with Gasteiger partial charge in [-0.25, -0.2) is 9.37 Å². The van der Waals surface area contributed by atoms with Crippen molar-refractivity contribution in [2.24, 2.45) is 5.73 Å². The van der Waals surface area contributed by atoms with Gasteiger partial charge in [-0.2, -0.15) is 0 Å². The molecule has 0 amide bonds. The molecule has 17 heavy (non-hydrogen) atoms. The Labute approximate surface area is 101 Å². The summed E-state index contributed by atoms with van der Waals surface area (Å²) in [5.74, 6) is -0.259. The van der Waals surface area contributed by atoms with E-state index in [9.17, 15) is 4.39 Å². The summed E-state index contributed by atoms with van der Waals surface area (Å²) < 4.78 is 15.1. The summed E-state index contributed by atoms with van der Waals surface area (Å²) in [6.07, 6.45) is 8.65. The quantitative estimate of drug-likeness (QED) is 0.769. The molecule has 3 nitrogen and oxygen atoms in total. The Morgan fingerprint density at radius 2 is 2.41 bits per heavy atom. The lowest BCUT2D eigenvalue weighted by molar-refractivity contribution is 0.660. The average molecular weight is 235 g/mol. The van der Waals surface area contributed by atoms with Gasteiger partial charge in [0.25, 0.3) is 0 Å². The molecule has 0 atom stereocenters. The third kappa shape index (κ3) is 4.00. The fraction of sp³-hybridized carbons (Fsp3) is 0.308. The second-order valence-corrected chi connectivity index (χ2v) is 3.64. The van der Waals surface area contributed by atoms with Crippen LogP contribution in [0.2, 0.25) is 0 Å². The monoisotopic (exact) mass is 235 g/mol. The van der Waals surface area contributed by atoms with E-state index in [-0.39, 0.29) is 5.83 Å². The molecule has 2 N–H and O–H groups in total. The van der Waals surface area contributed by atoms with E-state index in [4.69, 9.17) is 5.73 Å². The van der Waals surface area contributed by atoms with Crippen LogP contribution in [0.25, 0.3) is 0 Å². The molecule has 1 aromatic rings. The summed E-state index contributed by atoms with van der Waals surface area (Å²) in [5, 5.41) is 0. The number of halogens is 1. The van der Waals surface area contributed by atoms with Crippen LogP contribution >= 0.6 is 0 Å². The van der Waals surface area contributed by atoms with Crippen molar-refractivity contribution in [3.05, 3.63) is 54.4 Å². The second kappa shape index (κ2) is 6.81. The Morgan fingerprint density at radius 1 is 1.65 bits per heavy atom. The molecule has 92 valence electrons.